The van der Waals surface area contributed by atoms with Crippen molar-refractivity contribution in [1.29, 1.82) is 0 Å². The summed E-state index contributed by atoms with van der Waals surface area (Å²) >= 11 is 0. The number of unbranched alkanes of at least 4 members (excludes halogenated alkanes) is 5. The lowest BCUT2D eigenvalue weighted by atomic mass is 10.1. The summed E-state index contributed by atoms with van der Waals surface area (Å²) in [4.78, 5) is 11.5. The Morgan fingerprint density at radius 2 is 2.00 bits per heavy atom. The molecule has 0 N–H and O–H groups in total. The number of nitrogens with zero attached hydrogens (tertiary/aromatic N) is 1. The largest absolute Gasteiger partial charge is 0.446 e. The molecule has 0 aromatic heterocycles. The van der Waals surface area contributed by atoms with Crippen LogP contribution in [0.15, 0.2) is 12.2 Å². The van der Waals surface area contributed by atoms with Gasteiger partial charge in [0.15, 0.2) is 0 Å². The minimum Gasteiger partial charge on any atom is -0.446 e. The van der Waals surface area contributed by atoms with Gasteiger partial charge in [-0.25, -0.2) is 13.3 Å². The molecule has 0 saturated carbocycles. The standard InChI is InChI=1S/C14H23NO3S/c1-2-3-4-5-6-7-8-13-10-9-12-11-18-14(16)15(12)19(13)17/h9-10,12-13H,2-8,11H2,1H3. The van der Waals surface area contributed by atoms with Crippen LogP contribution in [0.5, 0.6) is 0 Å². The Kier molecular flexibility index (Phi) is 5.43. The molecule has 3 atom stereocenters. The summed E-state index contributed by atoms with van der Waals surface area (Å²) in [7, 11) is -1.25. The molecule has 2 rings (SSSR count). The van der Waals surface area contributed by atoms with Gasteiger partial charge in [-0.3, -0.25) is 0 Å². The van der Waals surface area contributed by atoms with Crippen LogP contribution < -0.4 is 0 Å². The zero-order valence-corrected chi connectivity index (χ0v) is 12.4. The number of rotatable bonds is 7. The van der Waals surface area contributed by atoms with Crippen molar-refractivity contribution in [2.24, 2.45) is 0 Å². The van der Waals surface area contributed by atoms with E-state index in [1.807, 2.05) is 12.2 Å². The fourth-order valence-electron chi connectivity index (χ4n) is 2.55. The van der Waals surface area contributed by atoms with Crippen LogP contribution >= 0.6 is 0 Å². The van der Waals surface area contributed by atoms with Gasteiger partial charge >= 0.3 is 6.09 Å². The van der Waals surface area contributed by atoms with Gasteiger partial charge in [-0.15, -0.1) is 0 Å². The molecule has 1 fully saturated rings. The molecular formula is C14H23NO3S. The van der Waals surface area contributed by atoms with Crippen molar-refractivity contribution in [2.45, 2.75) is 63.2 Å². The van der Waals surface area contributed by atoms with E-state index in [0.717, 1.165) is 12.8 Å². The summed E-state index contributed by atoms with van der Waals surface area (Å²) in [5.41, 5.74) is 0. The number of cyclic esters (lactones) is 1. The summed E-state index contributed by atoms with van der Waals surface area (Å²) in [5.74, 6) is 0. The lowest BCUT2D eigenvalue weighted by Crippen LogP contribution is -2.41. The highest BCUT2D eigenvalue weighted by molar-refractivity contribution is 7.84. The van der Waals surface area contributed by atoms with Gasteiger partial charge in [0, 0.05) is 0 Å². The molecule has 4 nitrogen and oxygen atoms in total. The summed E-state index contributed by atoms with van der Waals surface area (Å²) in [6.07, 6.45) is 11.8. The summed E-state index contributed by atoms with van der Waals surface area (Å²) < 4.78 is 18.6. The van der Waals surface area contributed by atoms with E-state index in [2.05, 4.69) is 6.92 Å². The number of amides is 1. The van der Waals surface area contributed by atoms with Crippen molar-refractivity contribution in [3.8, 4) is 0 Å². The van der Waals surface area contributed by atoms with Gasteiger partial charge < -0.3 is 4.74 Å². The zero-order chi connectivity index (χ0) is 13.7. The molecule has 0 radical (unpaired) electrons. The van der Waals surface area contributed by atoms with Gasteiger partial charge in [-0.2, -0.15) is 0 Å². The van der Waals surface area contributed by atoms with E-state index >= 15 is 0 Å². The average molecular weight is 285 g/mol. The minimum atomic E-state index is -1.25. The van der Waals surface area contributed by atoms with Crippen molar-refractivity contribution >= 4 is 17.1 Å². The molecule has 2 aliphatic rings. The van der Waals surface area contributed by atoms with Gasteiger partial charge in [-0.05, 0) is 6.42 Å². The third kappa shape index (κ3) is 3.59. The predicted octanol–water partition coefficient (Wildman–Crippen LogP) is 3.16. The summed E-state index contributed by atoms with van der Waals surface area (Å²) in [6, 6.07) is -0.117. The first-order valence-corrected chi connectivity index (χ1v) is 8.46. The van der Waals surface area contributed by atoms with Crippen molar-refractivity contribution in [1.82, 2.24) is 4.31 Å². The highest BCUT2D eigenvalue weighted by atomic mass is 32.2. The molecule has 3 unspecified atom stereocenters. The third-order valence-corrected chi connectivity index (χ3v) is 5.42. The molecular weight excluding hydrogens is 262 g/mol. The topological polar surface area (TPSA) is 46.6 Å². The molecule has 0 aromatic rings. The molecule has 1 saturated heterocycles. The first-order valence-electron chi connectivity index (χ1n) is 7.29. The molecule has 0 aromatic carbocycles. The number of fused-ring (bicyclic) bond motifs is 1. The Morgan fingerprint density at radius 1 is 1.26 bits per heavy atom. The second-order valence-electron chi connectivity index (χ2n) is 5.23. The van der Waals surface area contributed by atoms with Gasteiger partial charge in [0.1, 0.15) is 23.6 Å². The molecule has 108 valence electrons. The van der Waals surface area contributed by atoms with Crippen LogP contribution in [-0.4, -0.2) is 32.5 Å². The number of carbonyl (C=O) groups is 1. The first-order chi connectivity index (χ1) is 9.24. The second-order valence-corrected chi connectivity index (χ2v) is 6.78. The van der Waals surface area contributed by atoms with Crippen molar-refractivity contribution < 1.29 is 13.7 Å². The van der Waals surface area contributed by atoms with Gasteiger partial charge in [0.2, 0.25) is 0 Å². The summed E-state index contributed by atoms with van der Waals surface area (Å²) in [5, 5.41) is -0.0203. The van der Waals surface area contributed by atoms with Crippen LogP contribution in [0, 0.1) is 0 Å². The van der Waals surface area contributed by atoms with E-state index in [-0.39, 0.29) is 11.3 Å². The Labute approximate surface area is 117 Å². The quantitative estimate of drug-likeness (QED) is 0.533. The Morgan fingerprint density at radius 3 is 2.79 bits per heavy atom. The van der Waals surface area contributed by atoms with E-state index in [4.69, 9.17) is 4.74 Å². The van der Waals surface area contributed by atoms with E-state index in [1.54, 1.807) is 0 Å². The number of carbonyl (C=O) groups excluding carboxylic acids is 1. The van der Waals surface area contributed by atoms with Crippen LogP contribution in [0.4, 0.5) is 4.79 Å². The molecule has 2 aliphatic heterocycles. The second kappa shape index (κ2) is 7.08. The SMILES string of the molecule is CCCCCCCCC1C=CC2COC(=O)N2S1=O. The number of hydrogen-bond acceptors (Lipinski definition) is 3. The van der Waals surface area contributed by atoms with Crippen molar-refractivity contribution in [3.63, 3.8) is 0 Å². The van der Waals surface area contributed by atoms with Crippen molar-refractivity contribution in [2.75, 3.05) is 6.61 Å². The first kappa shape index (κ1) is 14.6. The smallest absolute Gasteiger partial charge is 0.422 e. The number of ether oxygens (including phenoxy) is 1. The average Bonchev–Trinajstić information content (AvgIpc) is 2.78. The Hall–Kier alpha value is -0.840. The van der Waals surface area contributed by atoms with E-state index in [9.17, 15) is 9.00 Å². The van der Waals surface area contributed by atoms with Crippen LogP contribution in [0.3, 0.4) is 0 Å². The van der Waals surface area contributed by atoms with Crippen LogP contribution in [0.1, 0.15) is 51.9 Å². The molecule has 2 heterocycles. The lowest BCUT2D eigenvalue weighted by Gasteiger charge is -2.26. The maximum Gasteiger partial charge on any atom is 0.422 e. The third-order valence-electron chi connectivity index (χ3n) is 3.70. The highest BCUT2D eigenvalue weighted by Gasteiger charge is 2.40. The monoisotopic (exact) mass is 285 g/mol. The molecule has 0 aliphatic carbocycles. The molecule has 0 spiro atoms. The molecule has 19 heavy (non-hydrogen) atoms. The van der Waals surface area contributed by atoms with Crippen LogP contribution in [-0.2, 0) is 15.7 Å². The Bertz CT molecular complexity index is 370. The molecule has 1 amide bonds. The normalized spacial score (nSPS) is 29.4. The minimum absolute atomic E-state index is 0.0203. The van der Waals surface area contributed by atoms with E-state index in [0.29, 0.717) is 6.61 Å². The highest BCUT2D eigenvalue weighted by Crippen LogP contribution is 2.26. The predicted molar refractivity (Wildman–Crippen MR) is 76.0 cm³/mol. The van der Waals surface area contributed by atoms with Gasteiger partial charge in [-0.1, -0.05) is 57.6 Å². The molecule has 0 bridgehead atoms. The van der Waals surface area contributed by atoms with E-state index < -0.39 is 17.1 Å². The Balaban J connectivity index is 1.74. The maximum absolute atomic E-state index is 12.3. The summed E-state index contributed by atoms with van der Waals surface area (Å²) in [6.45, 7) is 2.55. The van der Waals surface area contributed by atoms with Gasteiger partial charge in [0.05, 0.1) is 5.25 Å². The van der Waals surface area contributed by atoms with Crippen LogP contribution in [0.2, 0.25) is 0 Å². The van der Waals surface area contributed by atoms with E-state index in [1.165, 1.54) is 36.4 Å². The van der Waals surface area contributed by atoms with Crippen LogP contribution in [0.25, 0.3) is 0 Å². The fourth-order valence-corrected chi connectivity index (χ4v) is 4.03. The zero-order valence-electron chi connectivity index (χ0n) is 11.5. The maximum atomic E-state index is 12.3. The van der Waals surface area contributed by atoms with Gasteiger partial charge in [0.25, 0.3) is 0 Å². The number of hydrogen-bond donors (Lipinski definition) is 0. The lowest BCUT2D eigenvalue weighted by molar-refractivity contribution is 0.170. The molecule has 5 heteroatoms. The fraction of sp³-hybridized carbons (Fsp3) is 0.786. The van der Waals surface area contributed by atoms with Crippen molar-refractivity contribution in [3.05, 3.63) is 12.2 Å².